The highest BCUT2D eigenvalue weighted by Crippen LogP contribution is 2.29. The molecule has 1 aliphatic rings. The summed E-state index contributed by atoms with van der Waals surface area (Å²) in [4.78, 5) is 0.280. The van der Waals surface area contributed by atoms with E-state index in [9.17, 15) is 8.42 Å². The first-order valence-electron chi connectivity index (χ1n) is 6.81. The number of hydrogen-bond acceptors (Lipinski definition) is 3. The average molecular weight is 303 g/mol. The van der Waals surface area contributed by atoms with Gasteiger partial charge in [0.15, 0.2) is 0 Å². The highest BCUT2D eigenvalue weighted by Gasteiger charge is 2.17. The van der Waals surface area contributed by atoms with Gasteiger partial charge in [-0.2, -0.15) is 0 Å². The predicted molar refractivity (Wildman–Crippen MR) is 82.4 cm³/mol. The Balaban J connectivity index is 1.90. The molecule has 4 nitrogen and oxygen atoms in total. The summed E-state index contributed by atoms with van der Waals surface area (Å²) in [5.74, 6) is 0.837. The summed E-state index contributed by atoms with van der Waals surface area (Å²) in [6.07, 6.45) is 0.814. The van der Waals surface area contributed by atoms with E-state index in [2.05, 4.69) is 4.72 Å². The van der Waals surface area contributed by atoms with Gasteiger partial charge < -0.3 is 4.74 Å². The number of nitrogens with one attached hydrogen (secondary N) is 1. The third-order valence-corrected chi connectivity index (χ3v) is 5.11. The molecule has 0 amide bonds. The lowest BCUT2D eigenvalue weighted by atomic mass is 10.1. The second-order valence-corrected chi connectivity index (χ2v) is 6.95. The highest BCUT2D eigenvalue weighted by atomic mass is 32.2. The zero-order valence-electron chi connectivity index (χ0n) is 12.0. The van der Waals surface area contributed by atoms with Gasteiger partial charge in [-0.15, -0.1) is 0 Å². The van der Waals surface area contributed by atoms with E-state index in [4.69, 9.17) is 4.74 Å². The summed E-state index contributed by atoms with van der Waals surface area (Å²) < 4.78 is 32.9. The summed E-state index contributed by atoms with van der Waals surface area (Å²) in [6, 6.07) is 10.5. The fourth-order valence-corrected chi connectivity index (χ4v) is 3.48. The lowest BCUT2D eigenvalue weighted by Crippen LogP contribution is -2.13. The monoisotopic (exact) mass is 303 g/mol. The van der Waals surface area contributed by atoms with Crippen molar-refractivity contribution in [2.45, 2.75) is 25.2 Å². The standard InChI is InChI=1S/C16H17NO3S/c1-11-3-5-15(9-12(11)2)21(18,19)17-14-4-6-16-13(10-14)7-8-20-16/h3-6,9-10,17H,7-8H2,1-2H3. The Labute approximate surface area is 124 Å². The van der Waals surface area contributed by atoms with Crippen LogP contribution in [0, 0.1) is 13.8 Å². The SMILES string of the molecule is Cc1ccc(S(=O)(=O)Nc2ccc3c(c2)CCO3)cc1C. The quantitative estimate of drug-likeness (QED) is 0.948. The Morgan fingerprint density at radius 2 is 1.86 bits per heavy atom. The first-order valence-corrected chi connectivity index (χ1v) is 8.30. The molecule has 0 aromatic heterocycles. The third-order valence-electron chi connectivity index (χ3n) is 3.73. The molecule has 0 spiro atoms. The van der Waals surface area contributed by atoms with E-state index < -0.39 is 10.0 Å². The number of rotatable bonds is 3. The average Bonchev–Trinajstić information content (AvgIpc) is 2.88. The molecule has 5 heteroatoms. The van der Waals surface area contributed by atoms with Gasteiger partial charge in [0.1, 0.15) is 5.75 Å². The maximum Gasteiger partial charge on any atom is 0.261 e. The van der Waals surface area contributed by atoms with Crippen LogP contribution in [0.2, 0.25) is 0 Å². The molecule has 0 saturated carbocycles. The van der Waals surface area contributed by atoms with Crippen molar-refractivity contribution in [1.82, 2.24) is 0 Å². The third kappa shape index (κ3) is 2.74. The Kier molecular flexibility index (Phi) is 3.37. The van der Waals surface area contributed by atoms with Gasteiger partial charge in [0.2, 0.25) is 0 Å². The van der Waals surface area contributed by atoms with Gasteiger partial charge in [0.05, 0.1) is 11.5 Å². The molecule has 0 bridgehead atoms. The number of ether oxygens (including phenoxy) is 1. The lowest BCUT2D eigenvalue weighted by Gasteiger charge is -2.10. The maximum absolute atomic E-state index is 12.4. The molecule has 0 saturated heterocycles. The topological polar surface area (TPSA) is 55.4 Å². The molecule has 0 radical (unpaired) electrons. The van der Waals surface area contributed by atoms with Crippen molar-refractivity contribution in [3.05, 3.63) is 53.1 Å². The Bertz CT molecular complexity index is 797. The minimum Gasteiger partial charge on any atom is -0.493 e. The van der Waals surface area contributed by atoms with Gasteiger partial charge in [-0.25, -0.2) is 8.42 Å². The summed E-state index contributed by atoms with van der Waals surface area (Å²) in [5.41, 5.74) is 3.64. The molecule has 0 aliphatic carbocycles. The van der Waals surface area contributed by atoms with Crippen molar-refractivity contribution in [2.24, 2.45) is 0 Å². The number of sulfonamides is 1. The van der Waals surface area contributed by atoms with Gasteiger partial charge in [-0.05, 0) is 60.9 Å². The Morgan fingerprint density at radius 3 is 2.62 bits per heavy atom. The van der Waals surface area contributed by atoms with Crippen molar-refractivity contribution in [2.75, 3.05) is 11.3 Å². The van der Waals surface area contributed by atoms with E-state index in [1.807, 2.05) is 26.0 Å². The van der Waals surface area contributed by atoms with E-state index in [-0.39, 0.29) is 4.90 Å². The van der Waals surface area contributed by atoms with E-state index >= 15 is 0 Å². The van der Waals surface area contributed by atoms with Crippen LogP contribution in [-0.2, 0) is 16.4 Å². The van der Waals surface area contributed by atoms with Crippen LogP contribution in [0.15, 0.2) is 41.3 Å². The fraction of sp³-hybridized carbons (Fsp3) is 0.250. The zero-order chi connectivity index (χ0) is 15.0. The lowest BCUT2D eigenvalue weighted by molar-refractivity contribution is 0.357. The molecule has 1 aliphatic heterocycles. The van der Waals surface area contributed by atoms with Crippen LogP contribution in [0.3, 0.4) is 0 Å². The molecular weight excluding hydrogens is 286 g/mol. The van der Waals surface area contributed by atoms with E-state index in [1.165, 1.54) is 0 Å². The first kappa shape index (κ1) is 13.9. The molecule has 2 aromatic carbocycles. The zero-order valence-corrected chi connectivity index (χ0v) is 12.8. The van der Waals surface area contributed by atoms with Crippen LogP contribution in [0.1, 0.15) is 16.7 Å². The molecule has 0 fully saturated rings. The minimum atomic E-state index is -3.56. The molecule has 0 atom stereocenters. The largest absolute Gasteiger partial charge is 0.493 e. The summed E-state index contributed by atoms with van der Waals surface area (Å²) in [5, 5.41) is 0. The number of aryl methyl sites for hydroxylation is 2. The van der Waals surface area contributed by atoms with Gasteiger partial charge in [-0.3, -0.25) is 4.72 Å². The molecule has 1 heterocycles. The summed E-state index contributed by atoms with van der Waals surface area (Å²) >= 11 is 0. The van der Waals surface area contributed by atoms with Crippen LogP contribution in [0.4, 0.5) is 5.69 Å². The molecule has 110 valence electrons. The Hall–Kier alpha value is -2.01. The first-order chi connectivity index (χ1) is 9.95. The van der Waals surface area contributed by atoms with Crippen LogP contribution >= 0.6 is 0 Å². The van der Waals surface area contributed by atoms with E-state index in [0.717, 1.165) is 28.9 Å². The van der Waals surface area contributed by atoms with Crippen LogP contribution in [-0.4, -0.2) is 15.0 Å². The van der Waals surface area contributed by atoms with Crippen molar-refractivity contribution in [1.29, 1.82) is 0 Å². The molecule has 3 rings (SSSR count). The predicted octanol–water partition coefficient (Wildman–Crippen LogP) is 3.04. The maximum atomic E-state index is 12.4. The summed E-state index contributed by atoms with van der Waals surface area (Å²) in [6.45, 7) is 4.52. The number of anilines is 1. The molecule has 21 heavy (non-hydrogen) atoms. The van der Waals surface area contributed by atoms with Crippen LogP contribution < -0.4 is 9.46 Å². The smallest absolute Gasteiger partial charge is 0.261 e. The van der Waals surface area contributed by atoms with Crippen molar-refractivity contribution >= 4 is 15.7 Å². The van der Waals surface area contributed by atoms with Gasteiger partial charge in [0.25, 0.3) is 10.0 Å². The van der Waals surface area contributed by atoms with Crippen molar-refractivity contribution in [3.63, 3.8) is 0 Å². The fourth-order valence-electron chi connectivity index (χ4n) is 2.35. The highest BCUT2D eigenvalue weighted by molar-refractivity contribution is 7.92. The normalized spacial score (nSPS) is 13.6. The van der Waals surface area contributed by atoms with Crippen molar-refractivity contribution < 1.29 is 13.2 Å². The second-order valence-electron chi connectivity index (χ2n) is 5.27. The summed E-state index contributed by atoms with van der Waals surface area (Å²) in [7, 11) is -3.56. The molecule has 2 aromatic rings. The molecular formula is C16H17NO3S. The van der Waals surface area contributed by atoms with Crippen molar-refractivity contribution in [3.8, 4) is 5.75 Å². The molecule has 1 N–H and O–H groups in total. The van der Waals surface area contributed by atoms with Gasteiger partial charge in [0, 0.05) is 12.1 Å². The van der Waals surface area contributed by atoms with E-state index in [0.29, 0.717) is 12.3 Å². The minimum absolute atomic E-state index is 0.280. The van der Waals surface area contributed by atoms with E-state index in [1.54, 1.807) is 24.3 Å². The van der Waals surface area contributed by atoms with Gasteiger partial charge in [-0.1, -0.05) is 6.07 Å². The Morgan fingerprint density at radius 1 is 1.05 bits per heavy atom. The number of hydrogen-bond donors (Lipinski definition) is 1. The molecule has 0 unspecified atom stereocenters. The number of benzene rings is 2. The number of fused-ring (bicyclic) bond motifs is 1. The van der Waals surface area contributed by atoms with Gasteiger partial charge >= 0.3 is 0 Å². The van der Waals surface area contributed by atoms with Crippen LogP contribution in [0.5, 0.6) is 5.75 Å². The van der Waals surface area contributed by atoms with Crippen LogP contribution in [0.25, 0.3) is 0 Å². The second kappa shape index (κ2) is 5.07.